The van der Waals surface area contributed by atoms with Gasteiger partial charge in [-0.1, -0.05) is 19.1 Å². The van der Waals surface area contributed by atoms with E-state index in [4.69, 9.17) is 9.84 Å². The number of carbonyl (C=O) groups is 1. The highest BCUT2D eigenvalue weighted by Gasteiger charge is 2.28. The molecular formula is C13H19NO3. The summed E-state index contributed by atoms with van der Waals surface area (Å²) in [6.07, 6.45) is 0.0357. The highest BCUT2D eigenvalue weighted by atomic mass is 16.5. The molecule has 0 aliphatic carbocycles. The molecule has 0 heterocycles. The Morgan fingerprint density at radius 1 is 1.53 bits per heavy atom. The van der Waals surface area contributed by atoms with E-state index in [0.717, 1.165) is 11.3 Å². The molecule has 0 aliphatic rings. The molecular weight excluding hydrogens is 218 g/mol. The molecule has 0 saturated heterocycles. The second-order valence-electron chi connectivity index (χ2n) is 4.16. The molecule has 0 aromatic heterocycles. The molecule has 2 N–H and O–H groups in total. The number of ether oxygens (including phenoxy) is 1. The van der Waals surface area contributed by atoms with E-state index in [1.807, 2.05) is 38.1 Å². The Kier molecular flexibility index (Phi) is 4.52. The van der Waals surface area contributed by atoms with Gasteiger partial charge in [-0.15, -0.1) is 0 Å². The van der Waals surface area contributed by atoms with E-state index in [0.29, 0.717) is 6.54 Å². The van der Waals surface area contributed by atoms with Gasteiger partial charge < -0.3 is 15.2 Å². The Hall–Kier alpha value is -1.55. The largest absolute Gasteiger partial charge is 0.497 e. The van der Waals surface area contributed by atoms with Crippen molar-refractivity contribution >= 4 is 5.97 Å². The summed E-state index contributed by atoms with van der Waals surface area (Å²) in [4.78, 5) is 10.9. The quantitative estimate of drug-likeness (QED) is 0.794. The lowest BCUT2D eigenvalue weighted by Crippen LogP contribution is -2.41. The van der Waals surface area contributed by atoms with E-state index >= 15 is 0 Å². The monoisotopic (exact) mass is 237 g/mol. The molecule has 0 amide bonds. The highest BCUT2D eigenvalue weighted by molar-refractivity contribution is 5.69. The standard InChI is InChI=1S/C13H19NO3/c1-4-14-13(2,9-12(15)16)10-6-5-7-11(8-10)17-3/h5-8,14H,4,9H2,1-3H3,(H,15,16). The van der Waals surface area contributed by atoms with Crippen LogP contribution in [-0.4, -0.2) is 24.7 Å². The third-order valence-corrected chi connectivity index (χ3v) is 2.78. The first kappa shape index (κ1) is 13.5. The maximum atomic E-state index is 10.9. The van der Waals surface area contributed by atoms with Crippen LogP contribution in [-0.2, 0) is 10.3 Å². The van der Waals surface area contributed by atoms with Crippen LogP contribution in [0.3, 0.4) is 0 Å². The van der Waals surface area contributed by atoms with Crippen molar-refractivity contribution in [2.75, 3.05) is 13.7 Å². The van der Waals surface area contributed by atoms with Crippen molar-refractivity contribution < 1.29 is 14.6 Å². The maximum Gasteiger partial charge on any atom is 0.305 e. The predicted octanol–water partition coefficient (Wildman–Crippen LogP) is 1.99. The van der Waals surface area contributed by atoms with Gasteiger partial charge in [0.1, 0.15) is 5.75 Å². The van der Waals surface area contributed by atoms with Gasteiger partial charge in [-0.3, -0.25) is 4.79 Å². The Morgan fingerprint density at radius 3 is 2.76 bits per heavy atom. The van der Waals surface area contributed by atoms with Gasteiger partial charge in [-0.2, -0.15) is 0 Å². The molecule has 4 nitrogen and oxygen atoms in total. The normalized spacial score (nSPS) is 14.1. The second kappa shape index (κ2) is 5.68. The summed E-state index contributed by atoms with van der Waals surface area (Å²) in [6.45, 7) is 4.56. The lowest BCUT2D eigenvalue weighted by Gasteiger charge is -2.29. The molecule has 1 atom stereocenters. The summed E-state index contributed by atoms with van der Waals surface area (Å²) in [5, 5.41) is 12.2. The van der Waals surface area contributed by atoms with E-state index in [1.54, 1.807) is 7.11 Å². The van der Waals surface area contributed by atoms with Crippen LogP contribution < -0.4 is 10.1 Å². The summed E-state index contributed by atoms with van der Waals surface area (Å²) >= 11 is 0. The molecule has 1 rings (SSSR count). The number of hydrogen-bond acceptors (Lipinski definition) is 3. The van der Waals surface area contributed by atoms with Crippen molar-refractivity contribution in [2.45, 2.75) is 25.8 Å². The molecule has 0 radical (unpaired) electrons. The number of benzene rings is 1. The molecule has 1 unspecified atom stereocenters. The molecule has 94 valence electrons. The van der Waals surface area contributed by atoms with Gasteiger partial charge in [0.15, 0.2) is 0 Å². The summed E-state index contributed by atoms with van der Waals surface area (Å²) in [7, 11) is 1.60. The van der Waals surface area contributed by atoms with Gasteiger partial charge in [0.2, 0.25) is 0 Å². The minimum Gasteiger partial charge on any atom is -0.497 e. The smallest absolute Gasteiger partial charge is 0.305 e. The molecule has 0 bridgehead atoms. The van der Waals surface area contributed by atoms with Gasteiger partial charge in [0.05, 0.1) is 19.1 Å². The summed E-state index contributed by atoms with van der Waals surface area (Å²) in [5.74, 6) is -0.0895. The van der Waals surface area contributed by atoms with Crippen molar-refractivity contribution in [1.29, 1.82) is 0 Å². The fraction of sp³-hybridized carbons (Fsp3) is 0.462. The zero-order chi connectivity index (χ0) is 12.9. The third-order valence-electron chi connectivity index (χ3n) is 2.78. The Labute approximate surface area is 102 Å². The van der Waals surface area contributed by atoms with Crippen LogP contribution in [0, 0.1) is 0 Å². The van der Waals surface area contributed by atoms with Crippen LogP contribution >= 0.6 is 0 Å². The summed E-state index contributed by atoms with van der Waals surface area (Å²) in [5.41, 5.74) is 0.343. The van der Waals surface area contributed by atoms with E-state index in [1.165, 1.54) is 0 Å². The van der Waals surface area contributed by atoms with E-state index in [9.17, 15) is 4.79 Å². The minimum atomic E-state index is -0.823. The predicted molar refractivity (Wildman–Crippen MR) is 66.3 cm³/mol. The number of carboxylic acid groups (broad SMARTS) is 1. The third kappa shape index (κ3) is 3.46. The lowest BCUT2D eigenvalue weighted by atomic mass is 9.88. The van der Waals surface area contributed by atoms with E-state index in [2.05, 4.69) is 5.32 Å². The van der Waals surface area contributed by atoms with Gasteiger partial charge in [-0.05, 0) is 31.2 Å². The van der Waals surface area contributed by atoms with Crippen LogP contribution in [0.2, 0.25) is 0 Å². The average Bonchev–Trinajstić information content (AvgIpc) is 2.28. The number of aliphatic carboxylic acids is 1. The highest BCUT2D eigenvalue weighted by Crippen LogP contribution is 2.27. The fourth-order valence-corrected chi connectivity index (χ4v) is 1.93. The molecule has 0 saturated carbocycles. The van der Waals surface area contributed by atoms with Crippen molar-refractivity contribution in [3.63, 3.8) is 0 Å². The molecule has 1 aromatic rings. The minimum absolute atomic E-state index is 0.0357. The van der Waals surface area contributed by atoms with Gasteiger partial charge in [0.25, 0.3) is 0 Å². The van der Waals surface area contributed by atoms with Crippen LogP contribution in [0.1, 0.15) is 25.8 Å². The Balaban J connectivity index is 3.07. The van der Waals surface area contributed by atoms with Crippen LogP contribution in [0.5, 0.6) is 5.75 Å². The fourth-order valence-electron chi connectivity index (χ4n) is 1.93. The SMILES string of the molecule is CCNC(C)(CC(=O)O)c1cccc(OC)c1. The first-order chi connectivity index (χ1) is 8.01. The topological polar surface area (TPSA) is 58.6 Å². The zero-order valence-electron chi connectivity index (χ0n) is 10.5. The summed E-state index contributed by atoms with van der Waals surface area (Å²) in [6, 6.07) is 7.49. The Bertz CT molecular complexity index is 392. The lowest BCUT2D eigenvalue weighted by molar-refractivity contribution is -0.138. The molecule has 0 fully saturated rings. The van der Waals surface area contributed by atoms with Gasteiger partial charge in [-0.25, -0.2) is 0 Å². The molecule has 0 aliphatic heterocycles. The molecule has 17 heavy (non-hydrogen) atoms. The van der Waals surface area contributed by atoms with Crippen LogP contribution in [0.25, 0.3) is 0 Å². The van der Waals surface area contributed by atoms with Crippen molar-refractivity contribution in [3.05, 3.63) is 29.8 Å². The first-order valence-corrected chi connectivity index (χ1v) is 5.63. The maximum absolute atomic E-state index is 10.9. The van der Waals surface area contributed by atoms with Crippen LogP contribution in [0.15, 0.2) is 24.3 Å². The second-order valence-corrected chi connectivity index (χ2v) is 4.16. The number of carboxylic acids is 1. The van der Waals surface area contributed by atoms with Gasteiger partial charge >= 0.3 is 5.97 Å². The van der Waals surface area contributed by atoms with Crippen molar-refractivity contribution in [3.8, 4) is 5.75 Å². The number of methoxy groups -OCH3 is 1. The molecule has 4 heteroatoms. The van der Waals surface area contributed by atoms with Crippen LogP contribution in [0.4, 0.5) is 0 Å². The zero-order valence-corrected chi connectivity index (χ0v) is 10.5. The number of hydrogen-bond donors (Lipinski definition) is 2. The number of nitrogens with one attached hydrogen (secondary N) is 1. The Morgan fingerprint density at radius 2 is 2.24 bits per heavy atom. The van der Waals surface area contributed by atoms with E-state index in [-0.39, 0.29) is 6.42 Å². The van der Waals surface area contributed by atoms with Crippen molar-refractivity contribution in [2.24, 2.45) is 0 Å². The molecule has 1 aromatic carbocycles. The molecule has 0 spiro atoms. The van der Waals surface area contributed by atoms with Crippen molar-refractivity contribution in [1.82, 2.24) is 5.32 Å². The first-order valence-electron chi connectivity index (χ1n) is 5.63. The summed E-state index contributed by atoms with van der Waals surface area (Å²) < 4.78 is 5.16. The van der Waals surface area contributed by atoms with Gasteiger partial charge in [0, 0.05) is 0 Å². The van der Waals surface area contributed by atoms with E-state index < -0.39 is 11.5 Å². The average molecular weight is 237 g/mol. The number of rotatable bonds is 6.